The minimum Gasteiger partial charge on any atom is -0.388 e. The van der Waals surface area contributed by atoms with Crippen molar-refractivity contribution in [3.05, 3.63) is 34.9 Å². The molecule has 0 aliphatic heterocycles. The molecule has 1 aromatic carbocycles. The molecule has 1 nitrogen and oxygen atoms in total. The first-order chi connectivity index (χ1) is 8.16. The van der Waals surface area contributed by atoms with Gasteiger partial charge >= 0.3 is 0 Å². The first-order valence-electron chi connectivity index (χ1n) is 6.91. The number of aryl methyl sites for hydroxylation is 1. The highest BCUT2D eigenvalue weighted by Gasteiger charge is 2.10. The van der Waals surface area contributed by atoms with Crippen molar-refractivity contribution >= 4 is 0 Å². The maximum Gasteiger partial charge on any atom is 0.0792 e. The Hall–Kier alpha value is -0.820. The third-order valence-corrected chi connectivity index (χ3v) is 3.59. The molecule has 0 heterocycles. The summed E-state index contributed by atoms with van der Waals surface area (Å²) < 4.78 is 0. The summed E-state index contributed by atoms with van der Waals surface area (Å²) in [6.45, 7) is 6.43. The van der Waals surface area contributed by atoms with Crippen molar-refractivity contribution < 1.29 is 5.11 Å². The van der Waals surface area contributed by atoms with Crippen LogP contribution in [0.3, 0.4) is 0 Å². The Balaban J connectivity index is 2.41. The van der Waals surface area contributed by atoms with Crippen molar-refractivity contribution in [1.82, 2.24) is 0 Å². The second-order valence-corrected chi connectivity index (χ2v) is 5.01. The Morgan fingerprint density at radius 3 is 2.47 bits per heavy atom. The van der Waals surface area contributed by atoms with Gasteiger partial charge in [-0.15, -0.1) is 0 Å². The zero-order chi connectivity index (χ0) is 12.7. The van der Waals surface area contributed by atoms with Crippen LogP contribution in [0.25, 0.3) is 0 Å². The average Bonchev–Trinajstić information content (AvgIpc) is 2.32. The normalized spacial score (nSPS) is 12.7. The molecule has 0 saturated heterocycles. The quantitative estimate of drug-likeness (QED) is 0.678. The third-order valence-electron chi connectivity index (χ3n) is 3.59. The molecular weight excluding hydrogens is 208 g/mol. The summed E-state index contributed by atoms with van der Waals surface area (Å²) in [4.78, 5) is 0. The molecule has 96 valence electrons. The van der Waals surface area contributed by atoms with Crippen molar-refractivity contribution in [3.63, 3.8) is 0 Å². The summed E-state index contributed by atoms with van der Waals surface area (Å²) in [5, 5.41) is 10.2. The van der Waals surface area contributed by atoms with E-state index in [2.05, 4.69) is 32.9 Å². The van der Waals surface area contributed by atoms with Crippen LogP contribution in [0.5, 0.6) is 0 Å². The average molecular weight is 234 g/mol. The first-order valence-corrected chi connectivity index (χ1v) is 6.91. The molecule has 1 aromatic rings. The number of rotatable bonds is 7. The molecule has 0 aliphatic carbocycles. The van der Waals surface area contributed by atoms with Crippen molar-refractivity contribution in [1.29, 1.82) is 0 Å². The Bertz CT molecular complexity index is 330. The van der Waals surface area contributed by atoms with E-state index < -0.39 is 0 Å². The molecule has 1 unspecified atom stereocenters. The van der Waals surface area contributed by atoms with Crippen molar-refractivity contribution in [2.24, 2.45) is 0 Å². The minimum atomic E-state index is -0.281. The van der Waals surface area contributed by atoms with E-state index in [0.29, 0.717) is 0 Å². The molecule has 1 atom stereocenters. The SMILES string of the molecule is CCCCCCCC(O)c1cccc(C)c1C. The van der Waals surface area contributed by atoms with Gasteiger partial charge in [-0.1, -0.05) is 57.2 Å². The Labute approximate surface area is 106 Å². The van der Waals surface area contributed by atoms with Gasteiger partial charge in [-0.25, -0.2) is 0 Å². The second-order valence-electron chi connectivity index (χ2n) is 5.01. The van der Waals surface area contributed by atoms with Gasteiger partial charge in [-0.05, 0) is 37.0 Å². The predicted octanol–water partition coefficient (Wildman–Crippen LogP) is 4.70. The van der Waals surface area contributed by atoms with E-state index in [0.717, 1.165) is 18.4 Å². The Kier molecular flexibility index (Phi) is 6.28. The van der Waals surface area contributed by atoms with E-state index in [1.54, 1.807) is 0 Å². The van der Waals surface area contributed by atoms with Gasteiger partial charge in [0.25, 0.3) is 0 Å². The van der Waals surface area contributed by atoms with Crippen LogP contribution in [0, 0.1) is 13.8 Å². The highest BCUT2D eigenvalue weighted by Crippen LogP contribution is 2.24. The molecule has 0 aliphatic rings. The van der Waals surface area contributed by atoms with Crippen LogP contribution in [0.4, 0.5) is 0 Å². The third kappa shape index (κ3) is 4.51. The summed E-state index contributed by atoms with van der Waals surface area (Å²) in [7, 11) is 0. The zero-order valence-corrected chi connectivity index (χ0v) is 11.5. The molecular formula is C16H26O. The fourth-order valence-electron chi connectivity index (χ4n) is 2.23. The first kappa shape index (κ1) is 14.2. The Morgan fingerprint density at radius 1 is 1.06 bits per heavy atom. The highest BCUT2D eigenvalue weighted by molar-refractivity contribution is 5.34. The van der Waals surface area contributed by atoms with E-state index in [-0.39, 0.29) is 6.10 Å². The van der Waals surface area contributed by atoms with Crippen LogP contribution in [0.15, 0.2) is 18.2 Å². The lowest BCUT2D eigenvalue weighted by Gasteiger charge is -2.15. The molecule has 0 fully saturated rings. The molecule has 0 spiro atoms. The van der Waals surface area contributed by atoms with Crippen LogP contribution >= 0.6 is 0 Å². The molecule has 0 bridgehead atoms. The van der Waals surface area contributed by atoms with Gasteiger partial charge < -0.3 is 5.11 Å². The standard InChI is InChI=1S/C16H26O/c1-4-5-6-7-8-12-16(17)15-11-9-10-13(2)14(15)3/h9-11,16-17H,4-8,12H2,1-3H3. The molecule has 17 heavy (non-hydrogen) atoms. The van der Waals surface area contributed by atoms with E-state index >= 15 is 0 Å². The molecule has 1 rings (SSSR count). The lowest BCUT2D eigenvalue weighted by atomic mass is 9.96. The number of hydrogen-bond acceptors (Lipinski definition) is 1. The number of aliphatic hydroxyl groups excluding tert-OH is 1. The maximum atomic E-state index is 10.2. The van der Waals surface area contributed by atoms with Gasteiger partial charge in [0.15, 0.2) is 0 Å². The summed E-state index contributed by atoms with van der Waals surface area (Å²) in [6.07, 6.45) is 6.89. The van der Waals surface area contributed by atoms with Crippen LogP contribution in [0.2, 0.25) is 0 Å². The van der Waals surface area contributed by atoms with Crippen molar-refractivity contribution in [2.45, 2.75) is 65.4 Å². The van der Waals surface area contributed by atoms with Gasteiger partial charge in [-0.3, -0.25) is 0 Å². The number of benzene rings is 1. The topological polar surface area (TPSA) is 20.2 Å². The summed E-state index contributed by atoms with van der Waals surface area (Å²) in [6, 6.07) is 6.20. The molecule has 0 amide bonds. The van der Waals surface area contributed by atoms with Crippen LogP contribution in [-0.4, -0.2) is 5.11 Å². The summed E-state index contributed by atoms with van der Waals surface area (Å²) >= 11 is 0. The lowest BCUT2D eigenvalue weighted by Crippen LogP contribution is -2.01. The van der Waals surface area contributed by atoms with Crippen LogP contribution in [0.1, 0.15) is 68.2 Å². The van der Waals surface area contributed by atoms with E-state index in [1.165, 1.54) is 36.8 Å². The van der Waals surface area contributed by atoms with Gasteiger partial charge in [-0.2, -0.15) is 0 Å². The van der Waals surface area contributed by atoms with E-state index in [4.69, 9.17) is 0 Å². The molecule has 0 radical (unpaired) electrons. The lowest BCUT2D eigenvalue weighted by molar-refractivity contribution is 0.162. The number of unbranched alkanes of at least 4 members (excludes halogenated alkanes) is 4. The molecule has 1 N–H and O–H groups in total. The molecule has 1 heteroatoms. The molecule has 0 aromatic heterocycles. The second kappa shape index (κ2) is 7.50. The van der Waals surface area contributed by atoms with Crippen LogP contribution in [-0.2, 0) is 0 Å². The number of aliphatic hydroxyl groups is 1. The van der Waals surface area contributed by atoms with Gasteiger partial charge in [0.1, 0.15) is 0 Å². The highest BCUT2D eigenvalue weighted by atomic mass is 16.3. The van der Waals surface area contributed by atoms with E-state index in [1.807, 2.05) is 6.07 Å². The van der Waals surface area contributed by atoms with E-state index in [9.17, 15) is 5.11 Å². The van der Waals surface area contributed by atoms with Gasteiger partial charge in [0.05, 0.1) is 6.10 Å². The fraction of sp³-hybridized carbons (Fsp3) is 0.625. The minimum absolute atomic E-state index is 0.281. The van der Waals surface area contributed by atoms with Crippen molar-refractivity contribution in [3.8, 4) is 0 Å². The van der Waals surface area contributed by atoms with Crippen molar-refractivity contribution in [2.75, 3.05) is 0 Å². The monoisotopic (exact) mass is 234 g/mol. The Morgan fingerprint density at radius 2 is 1.76 bits per heavy atom. The zero-order valence-electron chi connectivity index (χ0n) is 11.5. The number of hydrogen-bond donors (Lipinski definition) is 1. The predicted molar refractivity (Wildman–Crippen MR) is 74.3 cm³/mol. The van der Waals surface area contributed by atoms with Crippen LogP contribution < -0.4 is 0 Å². The largest absolute Gasteiger partial charge is 0.388 e. The van der Waals surface area contributed by atoms with Gasteiger partial charge in [0, 0.05) is 0 Å². The summed E-state index contributed by atoms with van der Waals surface area (Å²) in [5.74, 6) is 0. The smallest absolute Gasteiger partial charge is 0.0792 e. The molecule has 0 saturated carbocycles. The van der Waals surface area contributed by atoms with Gasteiger partial charge in [0.2, 0.25) is 0 Å². The summed E-state index contributed by atoms with van der Waals surface area (Å²) in [5.41, 5.74) is 3.63. The maximum absolute atomic E-state index is 10.2. The fourth-order valence-corrected chi connectivity index (χ4v) is 2.23.